The van der Waals surface area contributed by atoms with Crippen LogP contribution in [0.4, 0.5) is 4.39 Å². The van der Waals surface area contributed by atoms with Crippen molar-refractivity contribution in [1.29, 1.82) is 0 Å². The standard InChI is InChI=1S/C24H28FN3O3/c1-4-13-28(24(30)18-7-9-19(25)10-8-18)15-20-6-5-14-27(20)16-21-11-12-22(31-21)23(29)26-17(2)3/h5-12,14,17H,4,13,15-16H2,1-3H3,(H,26,29). The normalized spacial score (nSPS) is 11.0. The van der Waals surface area contributed by atoms with E-state index < -0.39 is 0 Å². The average Bonchev–Trinajstić information content (AvgIpc) is 3.37. The zero-order valence-electron chi connectivity index (χ0n) is 18.1. The van der Waals surface area contributed by atoms with Gasteiger partial charge in [-0.2, -0.15) is 0 Å². The summed E-state index contributed by atoms with van der Waals surface area (Å²) in [5.41, 5.74) is 1.40. The molecule has 1 aromatic carbocycles. The van der Waals surface area contributed by atoms with Gasteiger partial charge >= 0.3 is 0 Å². The Labute approximate surface area is 181 Å². The van der Waals surface area contributed by atoms with Gasteiger partial charge in [0.25, 0.3) is 11.8 Å². The van der Waals surface area contributed by atoms with Crippen LogP contribution in [0.3, 0.4) is 0 Å². The van der Waals surface area contributed by atoms with E-state index >= 15 is 0 Å². The molecule has 0 saturated carbocycles. The Morgan fingerprint density at radius 2 is 1.87 bits per heavy atom. The van der Waals surface area contributed by atoms with Crippen LogP contribution < -0.4 is 5.32 Å². The van der Waals surface area contributed by atoms with Crippen LogP contribution in [0.5, 0.6) is 0 Å². The molecule has 7 heteroatoms. The quantitative estimate of drug-likeness (QED) is 0.550. The van der Waals surface area contributed by atoms with E-state index in [-0.39, 0.29) is 29.4 Å². The third kappa shape index (κ3) is 5.84. The lowest BCUT2D eigenvalue weighted by atomic mass is 10.2. The molecule has 2 heterocycles. The first-order chi connectivity index (χ1) is 14.9. The fourth-order valence-corrected chi connectivity index (χ4v) is 3.33. The van der Waals surface area contributed by atoms with Gasteiger partial charge in [-0.05, 0) is 68.8 Å². The zero-order chi connectivity index (χ0) is 22.4. The summed E-state index contributed by atoms with van der Waals surface area (Å²) in [5.74, 6) is 0.176. The fourth-order valence-electron chi connectivity index (χ4n) is 3.33. The van der Waals surface area contributed by atoms with Gasteiger partial charge in [0.05, 0.1) is 13.1 Å². The maximum atomic E-state index is 13.2. The van der Waals surface area contributed by atoms with Gasteiger partial charge in [-0.25, -0.2) is 4.39 Å². The second-order valence-electron chi connectivity index (χ2n) is 7.76. The van der Waals surface area contributed by atoms with Gasteiger partial charge in [0.15, 0.2) is 5.76 Å². The van der Waals surface area contributed by atoms with Crippen LogP contribution in [0.2, 0.25) is 0 Å². The summed E-state index contributed by atoms with van der Waals surface area (Å²) >= 11 is 0. The average molecular weight is 426 g/mol. The molecule has 2 amide bonds. The molecule has 0 saturated heterocycles. The molecule has 6 nitrogen and oxygen atoms in total. The van der Waals surface area contributed by atoms with Crippen molar-refractivity contribution in [1.82, 2.24) is 14.8 Å². The minimum Gasteiger partial charge on any atom is -0.454 e. The Bertz CT molecular complexity index is 1020. The van der Waals surface area contributed by atoms with E-state index in [9.17, 15) is 14.0 Å². The molecular formula is C24H28FN3O3. The van der Waals surface area contributed by atoms with Crippen LogP contribution >= 0.6 is 0 Å². The molecular weight excluding hydrogens is 397 g/mol. The molecule has 0 aliphatic rings. The number of hydrogen-bond donors (Lipinski definition) is 1. The molecule has 0 fully saturated rings. The van der Waals surface area contributed by atoms with Crippen molar-refractivity contribution in [3.63, 3.8) is 0 Å². The van der Waals surface area contributed by atoms with E-state index in [4.69, 9.17) is 4.42 Å². The highest BCUT2D eigenvalue weighted by Gasteiger charge is 2.18. The van der Waals surface area contributed by atoms with E-state index in [0.717, 1.165) is 12.1 Å². The second kappa shape index (κ2) is 10.1. The Morgan fingerprint density at radius 1 is 1.13 bits per heavy atom. The number of carbonyl (C=O) groups is 2. The lowest BCUT2D eigenvalue weighted by molar-refractivity contribution is 0.0739. The first-order valence-corrected chi connectivity index (χ1v) is 10.5. The Kier molecular flexibility index (Phi) is 7.28. The maximum Gasteiger partial charge on any atom is 0.287 e. The van der Waals surface area contributed by atoms with Crippen molar-refractivity contribution >= 4 is 11.8 Å². The Balaban J connectivity index is 1.72. The molecule has 0 atom stereocenters. The molecule has 0 aliphatic heterocycles. The Morgan fingerprint density at radius 3 is 2.55 bits per heavy atom. The monoisotopic (exact) mass is 425 g/mol. The van der Waals surface area contributed by atoms with Crippen LogP contribution in [0, 0.1) is 5.82 Å². The topological polar surface area (TPSA) is 67.5 Å². The van der Waals surface area contributed by atoms with E-state index in [1.165, 1.54) is 24.3 Å². The number of furan rings is 1. The summed E-state index contributed by atoms with van der Waals surface area (Å²) in [5, 5.41) is 2.81. The highest BCUT2D eigenvalue weighted by atomic mass is 19.1. The minimum absolute atomic E-state index is 0.0281. The van der Waals surface area contributed by atoms with Crippen LogP contribution in [-0.4, -0.2) is 33.9 Å². The predicted octanol–water partition coefficient (Wildman–Crippen LogP) is 4.46. The predicted molar refractivity (Wildman–Crippen MR) is 116 cm³/mol. The van der Waals surface area contributed by atoms with E-state index in [2.05, 4.69) is 5.32 Å². The molecule has 0 bridgehead atoms. The third-order valence-corrected chi connectivity index (χ3v) is 4.78. The summed E-state index contributed by atoms with van der Waals surface area (Å²) in [7, 11) is 0. The first kappa shape index (κ1) is 22.3. The fraction of sp³-hybridized carbons (Fsp3) is 0.333. The molecule has 164 valence electrons. The summed E-state index contributed by atoms with van der Waals surface area (Å²) in [6.45, 7) is 7.24. The van der Waals surface area contributed by atoms with Crippen LogP contribution in [0.25, 0.3) is 0 Å². The number of halogens is 1. The first-order valence-electron chi connectivity index (χ1n) is 10.5. The minimum atomic E-state index is -0.368. The van der Waals surface area contributed by atoms with E-state index in [0.29, 0.717) is 31.0 Å². The van der Waals surface area contributed by atoms with Crippen molar-refractivity contribution in [3.05, 3.63) is 83.3 Å². The largest absolute Gasteiger partial charge is 0.454 e. The van der Waals surface area contributed by atoms with Crippen molar-refractivity contribution in [2.75, 3.05) is 6.54 Å². The van der Waals surface area contributed by atoms with Gasteiger partial charge in [0, 0.05) is 30.0 Å². The number of aromatic nitrogens is 1. The van der Waals surface area contributed by atoms with Crippen molar-refractivity contribution in [2.24, 2.45) is 0 Å². The summed E-state index contributed by atoms with van der Waals surface area (Å²) in [4.78, 5) is 26.8. The highest BCUT2D eigenvalue weighted by molar-refractivity contribution is 5.94. The van der Waals surface area contributed by atoms with Gasteiger partial charge in [-0.1, -0.05) is 6.92 Å². The number of hydrogen-bond acceptors (Lipinski definition) is 3. The number of rotatable bonds is 9. The van der Waals surface area contributed by atoms with Crippen LogP contribution in [0.15, 0.2) is 59.1 Å². The van der Waals surface area contributed by atoms with Gasteiger partial charge in [-0.15, -0.1) is 0 Å². The van der Waals surface area contributed by atoms with Crippen molar-refractivity contribution in [3.8, 4) is 0 Å². The van der Waals surface area contributed by atoms with E-state index in [1.54, 1.807) is 17.0 Å². The summed E-state index contributed by atoms with van der Waals surface area (Å²) < 4.78 is 20.9. The lowest BCUT2D eigenvalue weighted by Crippen LogP contribution is -2.32. The zero-order valence-corrected chi connectivity index (χ0v) is 18.1. The molecule has 1 N–H and O–H groups in total. The van der Waals surface area contributed by atoms with Gasteiger partial charge in [-0.3, -0.25) is 9.59 Å². The summed E-state index contributed by atoms with van der Waals surface area (Å²) in [6.07, 6.45) is 2.72. The van der Waals surface area contributed by atoms with Gasteiger partial charge < -0.3 is 19.2 Å². The van der Waals surface area contributed by atoms with Gasteiger partial charge in [0.1, 0.15) is 11.6 Å². The number of nitrogens with zero attached hydrogens (tertiary/aromatic N) is 2. The van der Waals surface area contributed by atoms with Gasteiger partial charge in [0.2, 0.25) is 0 Å². The van der Waals surface area contributed by atoms with Crippen molar-refractivity contribution < 1.29 is 18.4 Å². The highest BCUT2D eigenvalue weighted by Crippen LogP contribution is 2.16. The number of carbonyl (C=O) groups excluding carboxylic acids is 2. The molecule has 0 spiro atoms. The van der Waals surface area contributed by atoms with Crippen molar-refractivity contribution in [2.45, 2.75) is 46.3 Å². The number of benzene rings is 1. The van der Waals surface area contributed by atoms with Crippen LogP contribution in [0.1, 0.15) is 59.6 Å². The molecule has 0 unspecified atom stereocenters. The smallest absolute Gasteiger partial charge is 0.287 e. The number of amides is 2. The molecule has 3 rings (SSSR count). The number of nitrogens with one attached hydrogen (secondary N) is 1. The second-order valence-corrected chi connectivity index (χ2v) is 7.76. The van der Waals surface area contributed by atoms with Crippen LogP contribution in [-0.2, 0) is 13.1 Å². The molecule has 2 aromatic heterocycles. The SMILES string of the molecule is CCCN(Cc1cccn1Cc1ccc(C(=O)NC(C)C)o1)C(=O)c1ccc(F)cc1. The molecule has 31 heavy (non-hydrogen) atoms. The molecule has 0 aliphatic carbocycles. The van der Waals surface area contributed by atoms with E-state index in [1.807, 2.05) is 43.7 Å². The third-order valence-electron chi connectivity index (χ3n) is 4.78. The molecule has 3 aromatic rings. The Hall–Kier alpha value is -3.35. The summed E-state index contributed by atoms with van der Waals surface area (Å²) in [6, 6.07) is 12.9. The lowest BCUT2D eigenvalue weighted by Gasteiger charge is -2.23. The molecule has 0 radical (unpaired) electrons. The maximum absolute atomic E-state index is 13.2.